The third kappa shape index (κ3) is 2.88. The van der Waals surface area contributed by atoms with Gasteiger partial charge >= 0.3 is 0 Å². The molecule has 0 fully saturated rings. The molecule has 2 N–H and O–H groups in total. The van der Waals surface area contributed by atoms with Crippen LogP contribution < -0.4 is 5.73 Å². The van der Waals surface area contributed by atoms with Crippen molar-refractivity contribution in [3.63, 3.8) is 0 Å². The highest BCUT2D eigenvalue weighted by Crippen LogP contribution is 2.19. The van der Waals surface area contributed by atoms with Gasteiger partial charge in [0.15, 0.2) is 5.82 Å². The normalized spacial score (nSPS) is 14.5. The Labute approximate surface area is 101 Å². The van der Waals surface area contributed by atoms with Crippen LogP contribution in [-0.2, 0) is 13.5 Å². The van der Waals surface area contributed by atoms with Crippen LogP contribution in [0, 0.1) is 0 Å². The largest absolute Gasteiger partial charge is 0.327 e. The standard InChI is InChI=1S/C12H17N5/c1-9(10-6-4-3-5-7-10)11(13)8-12-14-16-17(2)15-12/h3-7,9,11H,8,13H2,1-2H3. The minimum absolute atomic E-state index is 0.00148. The topological polar surface area (TPSA) is 69.6 Å². The zero-order chi connectivity index (χ0) is 12.3. The number of nitrogens with zero attached hydrogens (tertiary/aromatic N) is 4. The van der Waals surface area contributed by atoms with Crippen molar-refractivity contribution in [1.29, 1.82) is 0 Å². The van der Waals surface area contributed by atoms with Gasteiger partial charge in [-0.15, -0.1) is 10.2 Å². The van der Waals surface area contributed by atoms with Crippen LogP contribution >= 0.6 is 0 Å². The van der Waals surface area contributed by atoms with Gasteiger partial charge in [0, 0.05) is 12.5 Å². The Bertz CT molecular complexity index is 465. The molecule has 0 aliphatic rings. The van der Waals surface area contributed by atoms with Crippen LogP contribution in [0.25, 0.3) is 0 Å². The van der Waals surface area contributed by atoms with Gasteiger partial charge in [0.25, 0.3) is 0 Å². The first-order valence-electron chi connectivity index (χ1n) is 5.70. The first kappa shape index (κ1) is 11.7. The first-order chi connectivity index (χ1) is 8.16. The molecule has 5 nitrogen and oxygen atoms in total. The summed E-state index contributed by atoms with van der Waals surface area (Å²) in [4.78, 5) is 1.45. The van der Waals surface area contributed by atoms with Gasteiger partial charge in [0.05, 0.1) is 7.05 Å². The summed E-state index contributed by atoms with van der Waals surface area (Å²) >= 11 is 0. The number of hydrogen-bond acceptors (Lipinski definition) is 4. The van der Waals surface area contributed by atoms with Gasteiger partial charge in [-0.3, -0.25) is 0 Å². The highest BCUT2D eigenvalue weighted by molar-refractivity contribution is 5.20. The lowest BCUT2D eigenvalue weighted by molar-refractivity contribution is 0.548. The van der Waals surface area contributed by atoms with E-state index in [9.17, 15) is 0 Å². The fourth-order valence-electron chi connectivity index (χ4n) is 1.80. The molecule has 0 aliphatic heterocycles. The number of benzene rings is 1. The van der Waals surface area contributed by atoms with Gasteiger partial charge in [-0.25, -0.2) is 0 Å². The van der Waals surface area contributed by atoms with Crippen molar-refractivity contribution in [2.75, 3.05) is 0 Å². The molecule has 1 aromatic heterocycles. The van der Waals surface area contributed by atoms with Crippen molar-refractivity contribution in [2.45, 2.75) is 25.3 Å². The fourth-order valence-corrected chi connectivity index (χ4v) is 1.80. The fraction of sp³-hybridized carbons (Fsp3) is 0.417. The predicted molar refractivity (Wildman–Crippen MR) is 65.3 cm³/mol. The average molecular weight is 231 g/mol. The maximum Gasteiger partial charge on any atom is 0.176 e. The quantitative estimate of drug-likeness (QED) is 0.848. The summed E-state index contributed by atoms with van der Waals surface area (Å²) in [5.41, 5.74) is 7.41. The molecule has 2 rings (SSSR count). The Morgan fingerprint density at radius 2 is 2.00 bits per heavy atom. The second kappa shape index (κ2) is 5.05. The van der Waals surface area contributed by atoms with Gasteiger partial charge in [0.1, 0.15) is 0 Å². The van der Waals surface area contributed by atoms with E-state index in [0.717, 1.165) is 0 Å². The van der Waals surface area contributed by atoms with Crippen molar-refractivity contribution >= 4 is 0 Å². The second-order valence-electron chi connectivity index (χ2n) is 4.26. The van der Waals surface area contributed by atoms with E-state index in [1.807, 2.05) is 18.2 Å². The maximum absolute atomic E-state index is 6.17. The Morgan fingerprint density at radius 3 is 2.59 bits per heavy atom. The third-order valence-electron chi connectivity index (χ3n) is 2.94. The molecule has 0 spiro atoms. The van der Waals surface area contributed by atoms with Crippen molar-refractivity contribution in [3.05, 3.63) is 41.7 Å². The van der Waals surface area contributed by atoms with Crippen LogP contribution in [0.2, 0.25) is 0 Å². The summed E-state index contributed by atoms with van der Waals surface area (Å²) in [7, 11) is 1.75. The van der Waals surface area contributed by atoms with E-state index in [4.69, 9.17) is 5.73 Å². The van der Waals surface area contributed by atoms with Crippen molar-refractivity contribution in [1.82, 2.24) is 20.2 Å². The molecule has 0 saturated heterocycles. The van der Waals surface area contributed by atoms with Crippen LogP contribution in [0.1, 0.15) is 24.2 Å². The summed E-state index contributed by atoms with van der Waals surface area (Å²) in [6.07, 6.45) is 0.643. The van der Waals surface area contributed by atoms with Crippen LogP contribution in [0.3, 0.4) is 0 Å². The van der Waals surface area contributed by atoms with Crippen LogP contribution in [0.5, 0.6) is 0 Å². The molecule has 2 unspecified atom stereocenters. The molecule has 0 saturated carbocycles. The van der Waals surface area contributed by atoms with Crippen molar-refractivity contribution in [2.24, 2.45) is 12.8 Å². The summed E-state index contributed by atoms with van der Waals surface area (Å²) in [5.74, 6) is 0.975. The maximum atomic E-state index is 6.17. The van der Waals surface area contributed by atoms with E-state index in [1.54, 1.807) is 7.05 Å². The Morgan fingerprint density at radius 1 is 1.29 bits per heavy atom. The zero-order valence-electron chi connectivity index (χ0n) is 10.1. The molecule has 0 bridgehead atoms. The van der Waals surface area contributed by atoms with Gasteiger partial charge < -0.3 is 5.73 Å². The first-order valence-corrected chi connectivity index (χ1v) is 5.70. The number of tetrazole rings is 1. The van der Waals surface area contributed by atoms with E-state index in [2.05, 4.69) is 34.5 Å². The molecule has 1 aromatic carbocycles. The van der Waals surface area contributed by atoms with E-state index in [-0.39, 0.29) is 12.0 Å². The smallest absolute Gasteiger partial charge is 0.176 e. The zero-order valence-corrected chi connectivity index (χ0v) is 10.1. The molecule has 17 heavy (non-hydrogen) atoms. The average Bonchev–Trinajstić information content (AvgIpc) is 2.75. The van der Waals surface area contributed by atoms with Gasteiger partial charge in [0.2, 0.25) is 0 Å². The summed E-state index contributed by atoms with van der Waals surface area (Å²) in [5, 5.41) is 11.9. The number of rotatable bonds is 4. The predicted octanol–water partition coefficient (Wildman–Crippen LogP) is 0.884. The molecule has 2 aromatic rings. The Kier molecular flexibility index (Phi) is 3.49. The molecule has 0 amide bonds. The minimum Gasteiger partial charge on any atom is -0.327 e. The lowest BCUT2D eigenvalue weighted by Crippen LogP contribution is -2.29. The Hall–Kier alpha value is -1.75. The van der Waals surface area contributed by atoms with E-state index < -0.39 is 0 Å². The molecular weight excluding hydrogens is 214 g/mol. The molecule has 0 radical (unpaired) electrons. The number of aryl methyl sites for hydroxylation is 1. The lowest BCUT2D eigenvalue weighted by atomic mass is 9.92. The number of nitrogens with two attached hydrogens (primary N) is 1. The van der Waals surface area contributed by atoms with Crippen LogP contribution in [-0.4, -0.2) is 26.2 Å². The van der Waals surface area contributed by atoms with Gasteiger partial charge in [-0.2, -0.15) is 4.80 Å². The van der Waals surface area contributed by atoms with Crippen LogP contribution in [0.15, 0.2) is 30.3 Å². The highest BCUT2D eigenvalue weighted by Gasteiger charge is 2.17. The van der Waals surface area contributed by atoms with E-state index in [1.165, 1.54) is 10.4 Å². The van der Waals surface area contributed by atoms with E-state index in [0.29, 0.717) is 12.2 Å². The summed E-state index contributed by atoms with van der Waals surface area (Å²) in [6.45, 7) is 2.12. The number of hydrogen-bond donors (Lipinski definition) is 1. The highest BCUT2D eigenvalue weighted by atomic mass is 15.6. The molecule has 0 aliphatic carbocycles. The Balaban J connectivity index is 2.03. The van der Waals surface area contributed by atoms with E-state index >= 15 is 0 Å². The molecule has 1 heterocycles. The summed E-state index contributed by atoms with van der Waals surface area (Å²) in [6, 6.07) is 10.2. The molecule has 2 atom stereocenters. The van der Waals surface area contributed by atoms with Crippen molar-refractivity contribution < 1.29 is 0 Å². The SMILES string of the molecule is CC(c1ccccc1)C(N)Cc1nnn(C)n1. The van der Waals surface area contributed by atoms with Gasteiger partial charge in [-0.1, -0.05) is 37.3 Å². The monoisotopic (exact) mass is 231 g/mol. The third-order valence-corrected chi connectivity index (χ3v) is 2.94. The van der Waals surface area contributed by atoms with Crippen LogP contribution in [0.4, 0.5) is 0 Å². The molecule has 90 valence electrons. The molecule has 5 heteroatoms. The van der Waals surface area contributed by atoms with Crippen molar-refractivity contribution in [3.8, 4) is 0 Å². The minimum atomic E-state index is 0.00148. The summed E-state index contributed by atoms with van der Waals surface area (Å²) < 4.78 is 0. The van der Waals surface area contributed by atoms with Gasteiger partial charge in [-0.05, 0) is 16.7 Å². The lowest BCUT2D eigenvalue weighted by Gasteiger charge is -2.18. The molecular formula is C12H17N5. The number of aromatic nitrogens is 4. The second-order valence-corrected chi connectivity index (χ2v) is 4.26.